The summed E-state index contributed by atoms with van der Waals surface area (Å²) in [7, 11) is 1.17. The van der Waals surface area contributed by atoms with Crippen LogP contribution in [0.2, 0.25) is 0 Å². The van der Waals surface area contributed by atoms with Crippen LogP contribution in [0.1, 0.15) is 33.6 Å². The molecular formula is C14H20O7. The van der Waals surface area contributed by atoms with Crippen molar-refractivity contribution in [1.82, 2.24) is 0 Å². The van der Waals surface area contributed by atoms with E-state index in [2.05, 4.69) is 14.2 Å². The standard InChI is InChI=1S/C14H20O7/c1-14(2,3)9-13(18)21-12(17)7-8-20-11(16)6-5-10(15)19-4/h5-6H,7-9H2,1-4H3. The lowest BCUT2D eigenvalue weighted by atomic mass is 9.92. The summed E-state index contributed by atoms with van der Waals surface area (Å²) in [5.74, 6) is -2.88. The van der Waals surface area contributed by atoms with E-state index in [1.165, 1.54) is 7.11 Å². The van der Waals surface area contributed by atoms with Crippen molar-refractivity contribution in [3.05, 3.63) is 12.2 Å². The SMILES string of the molecule is COC(=O)C=CC(=O)OCCC(=O)OC(=O)CC(C)(C)C. The van der Waals surface area contributed by atoms with Gasteiger partial charge in [0, 0.05) is 12.2 Å². The van der Waals surface area contributed by atoms with Gasteiger partial charge in [-0.2, -0.15) is 0 Å². The zero-order valence-electron chi connectivity index (χ0n) is 12.6. The van der Waals surface area contributed by atoms with Crippen molar-refractivity contribution in [2.45, 2.75) is 33.6 Å². The Bertz CT molecular complexity index is 429. The Kier molecular flexibility index (Phi) is 7.96. The van der Waals surface area contributed by atoms with E-state index in [-0.39, 0.29) is 24.9 Å². The molecule has 0 amide bonds. The van der Waals surface area contributed by atoms with Gasteiger partial charge in [0.05, 0.1) is 20.0 Å². The van der Waals surface area contributed by atoms with E-state index in [9.17, 15) is 19.2 Å². The van der Waals surface area contributed by atoms with Gasteiger partial charge in [0.2, 0.25) is 0 Å². The number of hydrogen-bond donors (Lipinski definition) is 0. The van der Waals surface area contributed by atoms with Crippen molar-refractivity contribution in [2.75, 3.05) is 13.7 Å². The molecule has 0 atom stereocenters. The fourth-order valence-electron chi connectivity index (χ4n) is 1.13. The average Bonchev–Trinajstić information content (AvgIpc) is 2.33. The molecule has 0 aromatic rings. The maximum absolute atomic E-state index is 11.4. The molecule has 0 N–H and O–H groups in total. The van der Waals surface area contributed by atoms with Crippen molar-refractivity contribution in [3.63, 3.8) is 0 Å². The highest BCUT2D eigenvalue weighted by Crippen LogP contribution is 2.18. The lowest BCUT2D eigenvalue weighted by Crippen LogP contribution is -2.20. The van der Waals surface area contributed by atoms with Gasteiger partial charge in [0.25, 0.3) is 0 Å². The van der Waals surface area contributed by atoms with Gasteiger partial charge in [-0.05, 0) is 5.41 Å². The van der Waals surface area contributed by atoms with Crippen LogP contribution in [0.4, 0.5) is 0 Å². The molecule has 0 aliphatic rings. The molecule has 0 aliphatic heterocycles. The van der Waals surface area contributed by atoms with Crippen LogP contribution in [-0.2, 0) is 33.4 Å². The van der Waals surface area contributed by atoms with Gasteiger partial charge in [-0.1, -0.05) is 20.8 Å². The number of hydrogen-bond acceptors (Lipinski definition) is 7. The molecule has 0 fully saturated rings. The number of carbonyl (C=O) groups is 4. The van der Waals surface area contributed by atoms with Gasteiger partial charge >= 0.3 is 23.9 Å². The van der Waals surface area contributed by atoms with E-state index in [4.69, 9.17) is 0 Å². The quantitative estimate of drug-likeness (QED) is 0.314. The van der Waals surface area contributed by atoms with Gasteiger partial charge in [-0.3, -0.25) is 9.59 Å². The molecule has 0 radical (unpaired) electrons. The summed E-state index contributed by atoms with van der Waals surface area (Å²) >= 11 is 0. The Hall–Kier alpha value is -2.18. The first kappa shape index (κ1) is 18.8. The topological polar surface area (TPSA) is 96.0 Å². The Morgan fingerprint density at radius 1 is 0.952 bits per heavy atom. The maximum Gasteiger partial charge on any atom is 0.331 e. The molecule has 0 aromatic heterocycles. The van der Waals surface area contributed by atoms with Crippen LogP contribution < -0.4 is 0 Å². The number of carbonyl (C=O) groups excluding carboxylic acids is 4. The summed E-state index contributed by atoms with van der Waals surface area (Å²) in [5, 5.41) is 0. The molecular weight excluding hydrogens is 280 g/mol. The van der Waals surface area contributed by atoms with Gasteiger partial charge in [-0.15, -0.1) is 0 Å². The zero-order chi connectivity index (χ0) is 16.5. The normalized spacial score (nSPS) is 11.0. The highest BCUT2D eigenvalue weighted by molar-refractivity contribution is 5.91. The summed E-state index contributed by atoms with van der Waals surface area (Å²) < 4.78 is 13.5. The summed E-state index contributed by atoms with van der Waals surface area (Å²) in [6.07, 6.45) is 1.64. The molecule has 0 unspecified atom stereocenters. The van der Waals surface area contributed by atoms with Crippen molar-refractivity contribution in [1.29, 1.82) is 0 Å². The molecule has 0 aliphatic carbocycles. The van der Waals surface area contributed by atoms with E-state index >= 15 is 0 Å². The van der Waals surface area contributed by atoms with Crippen LogP contribution >= 0.6 is 0 Å². The Morgan fingerprint density at radius 2 is 1.52 bits per heavy atom. The Labute approximate surface area is 123 Å². The van der Waals surface area contributed by atoms with Crippen LogP contribution in [0.15, 0.2) is 12.2 Å². The highest BCUT2D eigenvalue weighted by Gasteiger charge is 2.19. The predicted octanol–water partition coefficient (Wildman–Crippen LogP) is 1.15. The fourth-order valence-corrected chi connectivity index (χ4v) is 1.13. The van der Waals surface area contributed by atoms with E-state index < -0.39 is 23.9 Å². The third kappa shape index (κ3) is 11.4. The monoisotopic (exact) mass is 300 g/mol. The number of esters is 4. The summed E-state index contributed by atoms with van der Waals surface area (Å²) in [5.41, 5.74) is -0.275. The lowest BCUT2D eigenvalue weighted by Gasteiger charge is -2.15. The zero-order valence-corrected chi connectivity index (χ0v) is 12.6. The van der Waals surface area contributed by atoms with Crippen LogP contribution in [0.25, 0.3) is 0 Å². The summed E-state index contributed by atoms with van der Waals surface area (Å²) in [4.78, 5) is 44.5. The van der Waals surface area contributed by atoms with Gasteiger partial charge in [0.15, 0.2) is 0 Å². The van der Waals surface area contributed by atoms with Crippen molar-refractivity contribution in [2.24, 2.45) is 5.41 Å². The fraction of sp³-hybridized carbons (Fsp3) is 0.571. The van der Waals surface area contributed by atoms with E-state index in [0.717, 1.165) is 12.2 Å². The molecule has 21 heavy (non-hydrogen) atoms. The minimum atomic E-state index is -0.797. The first-order valence-corrected chi connectivity index (χ1v) is 6.30. The first-order chi connectivity index (χ1) is 9.64. The predicted molar refractivity (Wildman–Crippen MR) is 71.9 cm³/mol. The van der Waals surface area contributed by atoms with Crippen LogP contribution in [-0.4, -0.2) is 37.6 Å². The lowest BCUT2D eigenvalue weighted by molar-refractivity contribution is -0.161. The second-order valence-electron chi connectivity index (χ2n) is 5.36. The van der Waals surface area contributed by atoms with Crippen LogP contribution in [0.3, 0.4) is 0 Å². The molecule has 7 nitrogen and oxygen atoms in total. The third-order valence-corrected chi connectivity index (χ3v) is 2.01. The largest absolute Gasteiger partial charge is 0.466 e. The Balaban J connectivity index is 3.95. The minimum Gasteiger partial charge on any atom is -0.466 e. The summed E-state index contributed by atoms with van der Waals surface area (Å²) in [6, 6.07) is 0. The first-order valence-electron chi connectivity index (χ1n) is 6.30. The smallest absolute Gasteiger partial charge is 0.331 e. The number of methoxy groups -OCH3 is 1. The van der Waals surface area contributed by atoms with Crippen LogP contribution in [0.5, 0.6) is 0 Å². The van der Waals surface area contributed by atoms with E-state index in [0.29, 0.717) is 0 Å². The van der Waals surface area contributed by atoms with E-state index in [1.54, 1.807) is 0 Å². The van der Waals surface area contributed by atoms with Gasteiger partial charge in [-0.25, -0.2) is 9.59 Å². The molecule has 118 valence electrons. The minimum absolute atomic E-state index is 0.112. The van der Waals surface area contributed by atoms with Gasteiger partial charge in [0.1, 0.15) is 6.61 Å². The molecule has 7 heteroatoms. The van der Waals surface area contributed by atoms with Crippen molar-refractivity contribution >= 4 is 23.9 Å². The third-order valence-electron chi connectivity index (χ3n) is 2.01. The number of rotatable bonds is 6. The van der Waals surface area contributed by atoms with Gasteiger partial charge < -0.3 is 14.2 Å². The molecule has 0 aromatic carbocycles. The molecule has 0 rings (SSSR count). The molecule has 0 bridgehead atoms. The average molecular weight is 300 g/mol. The Morgan fingerprint density at radius 3 is 2.05 bits per heavy atom. The maximum atomic E-state index is 11.4. The second-order valence-corrected chi connectivity index (χ2v) is 5.36. The molecule has 0 spiro atoms. The second kappa shape index (κ2) is 8.89. The highest BCUT2D eigenvalue weighted by atomic mass is 16.6. The van der Waals surface area contributed by atoms with Crippen molar-refractivity contribution in [3.8, 4) is 0 Å². The summed E-state index contributed by atoms with van der Waals surface area (Å²) in [6.45, 7) is 5.28. The molecule has 0 heterocycles. The number of ether oxygens (including phenoxy) is 3. The molecule has 0 saturated carbocycles. The van der Waals surface area contributed by atoms with Crippen molar-refractivity contribution < 1.29 is 33.4 Å². The van der Waals surface area contributed by atoms with Crippen LogP contribution in [0, 0.1) is 5.41 Å². The molecule has 0 saturated heterocycles. The van der Waals surface area contributed by atoms with E-state index in [1.807, 2.05) is 20.8 Å².